The van der Waals surface area contributed by atoms with Crippen molar-refractivity contribution >= 4 is 11.9 Å². The maximum atomic E-state index is 13.1. The number of carboxylic acids is 1. The monoisotopic (exact) mass is 476 g/mol. The highest BCUT2D eigenvalue weighted by molar-refractivity contribution is 5.94. The van der Waals surface area contributed by atoms with Gasteiger partial charge in [0.25, 0.3) is 5.91 Å². The lowest BCUT2D eigenvalue weighted by atomic mass is 9.89. The Bertz CT molecular complexity index is 1180. The minimum absolute atomic E-state index is 0.0307. The lowest BCUT2D eigenvalue weighted by Gasteiger charge is -2.26. The molecular weight excluding hydrogens is 456 g/mol. The molecule has 2 aromatic heterocycles. The average molecular weight is 476 g/mol. The summed E-state index contributed by atoms with van der Waals surface area (Å²) < 4.78 is 47.2. The third kappa shape index (κ3) is 4.78. The molecule has 3 aromatic rings. The molecule has 1 saturated heterocycles. The summed E-state index contributed by atoms with van der Waals surface area (Å²) >= 11 is 0. The standard InChI is InChI=1S/C21H19FN4O.C2HF3O2/c22-17-3-1-15(2-4-17)21(27)25-12-16-7-10-26-19(14-5-8-23-9-6-14)11-24-20(26)18(16)13-25;3-2(4,5)1(6)7/h1-6,8-9,11,16,18H,7,10,12-13H2;(H,6,7). The van der Waals surface area contributed by atoms with Crippen molar-refractivity contribution < 1.29 is 32.3 Å². The van der Waals surface area contributed by atoms with Gasteiger partial charge in [0.2, 0.25) is 0 Å². The predicted molar refractivity (Wildman–Crippen MR) is 112 cm³/mol. The minimum atomic E-state index is -5.08. The van der Waals surface area contributed by atoms with Gasteiger partial charge in [0.15, 0.2) is 0 Å². The Balaban J connectivity index is 0.000000344. The number of carbonyl (C=O) groups is 2. The van der Waals surface area contributed by atoms with Gasteiger partial charge in [-0.2, -0.15) is 13.2 Å². The molecular formula is C23H20F4N4O3. The SMILES string of the molecule is O=C(O)C(F)(F)F.O=C(c1ccc(F)cc1)N1CC2CCn3c(-c4ccncc4)cnc3C2C1. The van der Waals surface area contributed by atoms with Crippen molar-refractivity contribution in [3.63, 3.8) is 0 Å². The summed E-state index contributed by atoms with van der Waals surface area (Å²) in [5.41, 5.74) is 2.75. The number of carboxylic acid groups (broad SMARTS) is 1. The fourth-order valence-corrected chi connectivity index (χ4v) is 4.37. The highest BCUT2D eigenvalue weighted by atomic mass is 19.4. The van der Waals surface area contributed by atoms with Gasteiger partial charge >= 0.3 is 12.1 Å². The van der Waals surface area contributed by atoms with Crippen LogP contribution >= 0.6 is 0 Å². The molecule has 2 unspecified atom stereocenters. The van der Waals surface area contributed by atoms with E-state index in [0.29, 0.717) is 18.0 Å². The molecule has 2 aliphatic heterocycles. The van der Waals surface area contributed by atoms with Gasteiger partial charge in [-0.1, -0.05) is 0 Å². The quantitative estimate of drug-likeness (QED) is 0.566. The summed E-state index contributed by atoms with van der Waals surface area (Å²) in [6, 6.07) is 9.78. The molecule has 0 spiro atoms. The molecule has 2 aliphatic rings. The van der Waals surface area contributed by atoms with Gasteiger partial charge in [-0.05, 0) is 48.7 Å². The molecule has 34 heavy (non-hydrogen) atoms. The van der Waals surface area contributed by atoms with Gasteiger partial charge in [0, 0.05) is 49.1 Å². The maximum absolute atomic E-state index is 13.1. The summed E-state index contributed by atoms with van der Waals surface area (Å²) in [5.74, 6) is -1.38. The smallest absolute Gasteiger partial charge is 0.475 e. The number of aliphatic carboxylic acids is 1. The van der Waals surface area contributed by atoms with Gasteiger partial charge in [0.05, 0.1) is 11.9 Å². The maximum Gasteiger partial charge on any atom is 0.490 e. The van der Waals surface area contributed by atoms with Crippen LogP contribution in [0, 0.1) is 11.7 Å². The highest BCUT2D eigenvalue weighted by Gasteiger charge is 2.41. The lowest BCUT2D eigenvalue weighted by Crippen LogP contribution is -2.28. The van der Waals surface area contributed by atoms with Crippen LogP contribution in [0.2, 0.25) is 0 Å². The number of benzene rings is 1. The van der Waals surface area contributed by atoms with Crippen LogP contribution in [-0.2, 0) is 11.3 Å². The fraction of sp³-hybridized carbons (Fsp3) is 0.304. The number of pyridine rings is 1. The first kappa shape index (κ1) is 23.4. The molecule has 0 saturated carbocycles. The second kappa shape index (κ2) is 9.24. The number of amides is 1. The first-order chi connectivity index (χ1) is 16.1. The van der Waals surface area contributed by atoms with Crippen molar-refractivity contribution in [3.05, 3.63) is 72.2 Å². The van der Waals surface area contributed by atoms with E-state index in [-0.39, 0.29) is 17.6 Å². The van der Waals surface area contributed by atoms with Crippen molar-refractivity contribution in [2.24, 2.45) is 5.92 Å². The molecule has 0 radical (unpaired) electrons. The fourth-order valence-electron chi connectivity index (χ4n) is 4.37. The van der Waals surface area contributed by atoms with Crippen LogP contribution in [0.5, 0.6) is 0 Å². The van der Waals surface area contributed by atoms with Crippen LogP contribution in [0.3, 0.4) is 0 Å². The number of imidazole rings is 1. The number of fused-ring (bicyclic) bond motifs is 3. The Hall–Kier alpha value is -3.76. The van der Waals surface area contributed by atoms with Crippen LogP contribution < -0.4 is 0 Å². The van der Waals surface area contributed by atoms with Crippen molar-refractivity contribution in [2.75, 3.05) is 13.1 Å². The van der Waals surface area contributed by atoms with E-state index in [9.17, 15) is 22.4 Å². The zero-order valence-corrected chi connectivity index (χ0v) is 17.7. The number of halogens is 4. The van der Waals surface area contributed by atoms with Gasteiger partial charge in [-0.3, -0.25) is 9.78 Å². The number of hydrogen-bond acceptors (Lipinski definition) is 4. The normalized spacial score (nSPS) is 19.0. The number of hydrogen-bond donors (Lipinski definition) is 1. The number of aromatic nitrogens is 3. The summed E-state index contributed by atoms with van der Waals surface area (Å²) in [6.07, 6.45) is 1.45. The Morgan fingerprint density at radius 3 is 2.29 bits per heavy atom. The van der Waals surface area contributed by atoms with Crippen LogP contribution in [0.4, 0.5) is 17.6 Å². The van der Waals surface area contributed by atoms with Crippen LogP contribution in [0.25, 0.3) is 11.3 Å². The average Bonchev–Trinajstić information content (AvgIpc) is 3.43. The van der Waals surface area contributed by atoms with E-state index in [1.54, 1.807) is 24.5 Å². The van der Waals surface area contributed by atoms with Gasteiger partial charge in [0.1, 0.15) is 11.6 Å². The summed E-state index contributed by atoms with van der Waals surface area (Å²) in [4.78, 5) is 32.4. The summed E-state index contributed by atoms with van der Waals surface area (Å²) in [7, 11) is 0. The molecule has 11 heteroatoms. The molecule has 4 heterocycles. The number of rotatable bonds is 2. The third-order valence-electron chi connectivity index (χ3n) is 5.98. The molecule has 0 aliphatic carbocycles. The first-order valence-electron chi connectivity index (χ1n) is 10.5. The molecule has 1 amide bonds. The lowest BCUT2D eigenvalue weighted by molar-refractivity contribution is -0.192. The molecule has 1 aromatic carbocycles. The number of nitrogens with zero attached hydrogens (tertiary/aromatic N) is 4. The Morgan fingerprint density at radius 2 is 1.68 bits per heavy atom. The molecule has 5 rings (SSSR count). The molecule has 1 N–H and O–H groups in total. The van der Waals surface area contributed by atoms with Crippen molar-refractivity contribution in [2.45, 2.75) is 25.1 Å². The van der Waals surface area contributed by atoms with Gasteiger partial charge in [-0.25, -0.2) is 14.2 Å². The minimum Gasteiger partial charge on any atom is -0.475 e. The molecule has 0 bridgehead atoms. The summed E-state index contributed by atoms with van der Waals surface area (Å²) in [5, 5.41) is 7.12. The van der Waals surface area contributed by atoms with E-state index in [1.807, 2.05) is 23.2 Å². The Morgan fingerprint density at radius 1 is 1.03 bits per heavy atom. The van der Waals surface area contributed by atoms with Crippen LogP contribution in [-0.4, -0.2) is 55.7 Å². The van der Waals surface area contributed by atoms with Crippen molar-refractivity contribution in [3.8, 4) is 11.3 Å². The number of likely N-dealkylation sites (tertiary alicyclic amines) is 1. The predicted octanol–water partition coefficient (Wildman–Crippen LogP) is 3.98. The summed E-state index contributed by atoms with van der Waals surface area (Å²) in [6.45, 7) is 2.30. The second-order valence-corrected chi connectivity index (χ2v) is 8.06. The zero-order chi connectivity index (χ0) is 24.5. The van der Waals surface area contributed by atoms with E-state index in [1.165, 1.54) is 12.1 Å². The Kier molecular flexibility index (Phi) is 6.36. The largest absolute Gasteiger partial charge is 0.490 e. The number of alkyl halides is 3. The zero-order valence-electron chi connectivity index (χ0n) is 17.7. The Labute approximate surface area is 191 Å². The van der Waals surface area contributed by atoms with Crippen LogP contribution in [0.1, 0.15) is 28.5 Å². The van der Waals surface area contributed by atoms with Gasteiger partial charge < -0.3 is 14.6 Å². The highest BCUT2D eigenvalue weighted by Crippen LogP contribution is 2.40. The molecule has 7 nitrogen and oxygen atoms in total. The third-order valence-corrected chi connectivity index (χ3v) is 5.98. The first-order valence-corrected chi connectivity index (χ1v) is 10.5. The van der Waals surface area contributed by atoms with Crippen molar-refractivity contribution in [1.82, 2.24) is 19.4 Å². The van der Waals surface area contributed by atoms with Gasteiger partial charge in [-0.15, -0.1) is 0 Å². The van der Waals surface area contributed by atoms with E-state index in [2.05, 4.69) is 9.55 Å². The molecule has 178 valence electrons. The second-order valence-electron chi connectivity index (χ2n) is 8.06. The van der Waals surface area contributed by atoms with Crippen LogP contribution in [0.15, 0.2) is 55.0 Å². The van der Waals surface area contributed by atoms with E-state index in [0.717, 1.165) is 36.6 Å². The van der Waals surface area contributed by atoms with E-state index < -0.39 is 12.1 Å². The topological polar surface area (TPSA) is 88.3 Å². The number of carbonyl (C=O) groups excluding carboxylic acids is 1. The van der Waals surface area contributed by atoms with E-state index >= 15 is 0 Å². The van der Waals surface area contributed by atoms with E-state index in [4.69, 9.17) is 14.9 Å². The molecule has 2 atom stereocenters. The van der Waals surface area contributed by atoms with Crippen molar-refractivity contribution in [1.29, 1.82) is 0 Å². The molecule has 1 fully saturated rings.